The van der Waals surface area contributed by atoms with Crippen molar-refractivity contribution in [1.29, 1.82) is 0 Å². The number of carbonyl (C=O) groups excluding carboxylic acids is 1. The molecule has 0 saturated carbocycles. The van der Waals surface area contributed by atoms with Gasteiger partial charge < -0.3 is 30.2 Å². The number of aromatic nitrogens is 4. The van der Waals surface area contributed by atoms with Crippen molar-refractivity contribution in [3.8, 4) is 22.3 Å². The number of alkyl halides is 1. The molecule has 0 atom stereocenters. The second kappa shape index (κ2) is 26.9. The van der Waals surface area contributed by atoms with E-state index in [1.54, 1.807) is 29.0 Å². The Balaban J connectivity index is 0. The molecule has 1 N–H and O–H groups in total. The first-order valence-electron chi connectivity index (χ1n) is 15.5. The van der Waals surface area contributed by atoms with E-state index in [-0.39, 0.29) is 129 Å². The fraction of sp³-hybridized carbons (Fsp3) is 0.175. The van der Waals surface area contributed by atoms with Gasteiger partial charge in [0.2, 0.25) is 5.56 Å². The molecule has 4 aromatic heterocycles. The van der Waals surface area contributed by atoms with E-state index in [2.05, 4.69) is 33.3 Å². The van der Waals surface area contributed by atoms with E-state index in [4.69, 9.17) is 30.7 Å². The fourth-order valence-corrected chi connectivity index (χ4v) is 5.04. The van der Waals surface area contributed by atoms with Crippen LogP contribution in [0.4, 0.5) is 0 Å². The van der Waals surface area contributed by atoms with Crippen molar-refractivity contribution in [2.75, 3.05) is 0 Å². The van der Waals surface area contributed by atoms with Crippen LogP contribution in [0, 0.1) is 27.7 Å². The van der Waals surface area contributed by atoms with Crippen molar-refractivity contribution < 1.29 is 128 Å². The minimum Gasteiger partial charge on any atom is -1.00 e. The van der Waals surface area contributed by atoms with Crippen molar-refractivity contribution in [2.45, 2.75) is 47.5 Å². The number of H-pyrrole nitrogens is 1. The standard InChI is InChI=1S/C19H18N2O2.C10H10N2O2.C9H9Cl.CH2O3.CH4.2K.H/c1-4-15-5-7-16(8-6-15)11-21-12-17(9-10-18(21)22)19-13(2)20-23-14(19)3;1-6-10(7(2)14-12-6)8-3-4-9(13)11-5-8;1-2-8-3-5-9(7-10)6-4-8;2-1-4-3;;;;/h4-10,12H,1,11H2,2-3H3;3-5H,1-2H3,(H,11,13);2-6H,1,7H2;1,3H;1H4;;;/q;;;;;2*+1;-1/p-1. The van der Waals surface area contributed by atoms with Crippen molar-refractivity contribution in [2.24, 2.45) is 0 Å². The zero-order valence-corrected chi connectivity index (χ0v) is 37.7. The maximum atomic E-state index is 12.1. The fourth-order valence-electron chi connectivity index (χ4n) is 4.86. The SMILES string of the molecule is C.C=Cc1ccc(CCl)cc1.C=Cc1ccc(Cn2cc(-c3c(C)noc3C)ccc2=O)cc1.Cc1noc(C)c1-c1ccc(=O)[nH]c1.O=CO[O-].[H-].[K+].[K+]. The van der Waals surface area contributed by atoms with Gasteiger partial charge in [-0.1, -0.05) is 91.6 Å². The van der Waals surface area contributed by atoms with Crippen molar-refractivity contribution in [3.05, 3.63) is 164 Å². The van der Waals surface area contributed by atoms with Gasteiger partial charge in [0.05, 0.1) is 17.9 Å². The van der Waals surface area contributed by atoms with Gasteiger partial charge in [-0.05, 0) is 62.1 Å². The van der Waals surface area contributed by atoms with E-state index in [0.29, 0.717) is 12.4 Å². The molecule has 0 saturated heterocycles. The minimum absolute atomic E-state index is 0. The van der Waals surface area contributed by atoms with E-state index in [9.17, 15) is 9.59 Å². The molecule has 0 spiro atoms. The van der Waals surface area contributed by atoms with E-state index >= 15 is 0 Å². The number of nitrogens with zero attached hydrogens (tertiary/aromatic N) is 3. The van der Waals surface area contributed by atoms with Crippen LogP contribution in [-0.2, 0) is 22.1 Å². The number of aromatic amines is 1. The number of hydrogen-bond acceptors (Lipinski definition) is 9. The third-order valence-electron chi connectivity index (χ3n) is 7.39. The Morgan fingerprint density at radius 3 is 1.65 bits per heavy atom. The van der Waals surface area contributed by atoms with Gasteiger partial charge in [-0.2, -0.15) is 0 Å². The maximum Gasteiger partial charge on any atom is 1.00 e. The Kier molecular flexibility index (Phi) is 25.6. The van der Waals surface area contributed by atoms with Crippen LogP contribution in [0.2, 0.25) is 0 Å². The van der Waals surface area contributed by atoms with E-state index in [1.807, 2.05) is 94.6 Å². The third kappa shape index (κ3) is 15.8. The normalized spacial score (nSPS) is 9.37. The first-order chi connectivity index (χ1) is 24.5. The van der Waals surface area contributed by atoms with Crippen molar-refractivity contribution >= 4 is 30.2 Å². The zero-order chi connectivity index (χ0) is 37.3. The number of pyridine rings is 2. The Morgan fingerprint density at radius 2 is 1.26 bits per heavy atom. The van der Waals surface area contributed by atoms with Crippen molar-refractivity contribution in [3.63, 3.8) is 0 Å². The van der Waals surface area contributed by atoms with Gasteiger partial charge in [-0.3, -0.25) is 14.4 Å². The first-order valence-corrected chi connectivity index (χ1v) is 16.0. The molecular weight excluding hydrogens is 762 g/mol. The number of aryl methyl sites for hydroxylation is 4. The molecule has 0 unspecified atom stereocenters. The van der Waals surface area contributed by atoms with Crippen LogP contribution >= 0.6 is 11.6 Å². The second-order valence-corrected chi connectivity index (χ2v) is 11.2. The average Bonchev–Trinajstić information content (AvgIpc) is 3.68. The van der Waals surface area contributed by atoms with Gasteiger partial charge in [-0.15, -0.1) is 11.6 Å². The predicted octanol–water partition coefficient (Wildman–Crippen LogP) is 1.72. The molecule has 2 aromatic carbocycles. The smallest absolute Gasteiger partial charge is 1.00 e. The monoisotopic (exact) mass is 804 g/mol. The molecule has 14 heteroatoms. The molecule has 6 aromatic rings. The molecule has 0 amide bonds. The molecule has 0 aliphatic carbocycles. The van der Waals surface area contributed by atoms with Crippen LogP contribution in [-0.4, -0.2) is 26.3 Å². The topological polar surface area (TPSA) is 156 Å². The summed E-state index contributed by atoms with van der Waals surface area (Å²) in [6, 6.07) is 22.6. The van der Waals surface area contributed by atoms with Gasteiger partial charge in [-0.25, -0.2) is 0 Å². The van der Waals surface area contributed by atoms with Crippen LogP contribution in [0.15, 0.2) is 117 Å². The summed E-state index contributed by atoms with van der Waals surface area (Å²) in [5, 5.41) is 16.3. The summed E-state index contributed by atoms with van der Waals surface area (Å²) < 4.78 is 12.0. The van der Waals surface area contributed by atoms with Crippen LogP contribution in [0.5, 0.6) is 0 Å². The van der Waals surface area contributed by atoms with Crippen LogP contribution in [0.1, 0.15) is 54.0 Å². The number of hydrogen-bond donors (Lipinski definition) is 1. The molecule has 11 nitrogen and oxygen atoms in total. The summed E-state index contributed by atoms with van der Waals surface area (Å²) in [7, 11) is 0. The van der Waals surface area contributed by atoms with Crippen molar-refractivity contribution in [1.82, 2.24) is 19.9 Å². The Hall–Kier alpha value is -2.77. The summed E-state index contributed by atoms with van der Waals surface area (Å²) in [6.07, 6.45) is 7.14. The average molecular weight is 805 g/mol. The summed E-state index contributed by atoms with van der Waals surface area (Å²) in [5.74, 6) is 2.09. The van der Waals surface area contributed by atoms with E-state index < -0.39 is 0 Å². The molecule has 6 rings (SSSR count). The zero-order valence-electron chi connectivity index (χ0n) is 31.7. The number of nitrogens with one attached hydrogen (secondary N) is 1. The number of benzene rings is 2. The second-order valence-electron chi connectivity index (χ2n) is 10.9. The molecule has 4 heterocycles. The van der Waals surface area contributed by atoms with Crippen LogP contribution in [0.25, 0.3) is 34.4 Å². The quantitative estimate of drug-likeness (QED) is 0.0797. The van der Waals surface area contributed by atoms with Crippen LogP contribution in [0.3, 0.4) is 0 Å². The third-order valence-corrected chi connectivity index (χ3v) is 7.70. The molecule has 0 aliphatic rings. The largest absolute Gasteiger partial charge is 1.00 e. The van der Waals surface area contributed by atoms with Gasteiger partial charge in [0.25, 0.3) is 12.0 Å². The Bertz CT molecular complexity index is 2100. The first kappa shape index (κ1) is 51.2. The summed E-state index contributed by atoms with van der Waals surface area (Å²) in [4.78, 5) is 36.9. The maximum absolute atomic E-state index is 12.1. The summed E-state index contributed by atoms with van der Waals surface area (Å²) >= 11 is 5.60. The molecule has 54 heavy (non-hydrogen) atoms. The van der Waals surface area contributed by atoms with Gasteiger partial charge in [0.1, 0.15) is 11.5 Å². The molecular formula is C40H43ClK2N4O7. The number of halogens is 1. The Labute approximate surface area is 406 Å². The predicted molar refractivity (Wildman–Crippen MR) is 204 cm³/mol. The molecule has 0 radical (unpaired) electrons. The number of rotatable bonds is 8. The minimum atomic E-state index is -0.181. The molecule has 0 aliphatic heterocycles. The van der Waals surface area contributed by atoms with E-state index in [0.717, 1.165) is 67.4 Å². The van der Waals surface area contributed by atoms with Gasteiger partial charge in [0.15, 0.2) is 0 Å². The number of carbonyl (C=O) groups is 1. The summed E-state index contributed by atoms with van der Waals surface area (Å²) in [5.41, 5.74) is 9.65. The molecule has 0 bridgehead atoms. The van der Waals surface area contributed by atoms with E-state index in [1.165, 1.54) is 6.07 Å². The van der Waals surface area contributed by atoms with Gasteiger partial charge in [0, 0.05) is 52.7 Å². The molecule has 0 fully saturated rings. The van der Waals surface area contributed by atoms with Gasteiger partial charge >= 0.3 is 103 Å². The molecule has 274 valence electrons. The Morgan fingerprint density at radius 1 is 0.796 bits per heavy atom. The van der Waals surface area contributed by atoms with Crippen LogP contribution < -0.4 is 119 Å². The summed E-state index contributed by atoms with van der Waals surface area (Å²) in [6.45, 7) is 15.2.